The Morgan fingerprint density at radius 1 is 1.19 bits per heavy atom. The number of hydrogen-bond donors (Lipinski definition) is 1. The molecule has 7 heteroatoms. The molecule has 27 heavy (non-hydrogen) atoms. The molecule has 0 spiro atoms. The standard InChI is InChI=1S/C20H19F2NO3S/c1-13(17-9-6-15(21)11-18(17)22)23-19(24)12-26-20(25)10-5-14-3-7-16(27-2)8-4-14/h3-11,13H,12H2,1-2H3,(H,23,24)/b10-5+/t13-/m1/s1. The van der Waals surface area contributed by atoms with Crippen LogP contribution in [0.1, 0.15) is 24.1 Å². The quantitative estimate of drug-likeness (QED) is 0.438. The van der Waals surface area contributed by atoms with Gasteiger partial charge in [-0.05, 0) is 43.0 Å². The molecule has 0 radical (unpaired) electrons. The third kappa shape index (κ3) is 6.53. The van der Waals surface area contributed by atoms with E-state index < -0.39 is 36.2 Å². The Morgan fingerprint density at radius 3 is 2.52 bits per heavy atom. The Kier molecular flexibility index (Phi) is 7.55. The van der Waals surface area contributed by atoms with E-state index in [4.69, 9.17) is 4.74 Å². The highest BCUT2D eigenvalue weighted by atomic mass is 32.2. The summed E-state index contributed by atoms with van der Waals surface area (Å²) >= 11 is 1.62. The second kappa shape index (κ2) is 9.87. The van der Waals surface area contributed by atoms with Crippen LogP contribution in [0, 0.1) is 11.6 Å². The van der Waals surface area contributed by atoms with Crippen molar-refractivity contribution in [3.8, 4) is 0 Å². The molecular weight excluding hydrogens is 372 g/mol. The summed E-state index contributed by atoms with van der Waals surface area (Å²) in [7, 11) is 0. The molecule has 0 aliphatic rings. The van der Waals surface area contributed by atoms with E-state index in [1.807, 2.05) is 30.5 Å². The van der Waals surface area contributed by atoms with E-state index in [0.29, 0.717) is 0 Å². The number of halogens is 2. The molecule has 0 aliphatic heterocycles. The number of benzene rings is 2. The zero-order valence-corrected chi connectivity index (χ0v) is 15.7. The summed E-state index contributed by atoms with van der Waals surface area (Å²) in [6.45, 7) is 1.05. The molecule has 0 fully saturated rings. The van der Waals surface area contributed by atoms with E-state index in [9.17, 15) is 18.4 Å². The molecule has 2 aromatic carbocycles. The third-order valence-corrected chi connectivity index (χ3v) is 4.42. The van der Waals surface area contributed by atoms with Crippen molar-refractivity contribution in [2.75, 3.05) is 12.9 Å². The Bertz CT molecular complexity index is 838. The normalized spacial score (nSPS) is 12.0. The van der Waals surface area contributed by atoms with Gasteiger partial charge in [0.2, 0.25) is 0 Å². The molecule has 0 saturated carbocycles. The van der Waals surface area contributed by atoms with E-state index >= 15 is 0 Å². The van der Waals surface area contributed by atoms with Crippen LogP contribution in [0.25, 0.3) is 6.08 Å². The smallest absolute Gasteiger partial charge is 0.331 e. The molecule has 142 valence electrons. The maximum Gasteiger partial charge on any atom is 0.331 e. The second-order valence-corrected chi connectivity index (χ2v) is 6.55. The fourth-order valence-corrected chi connectivity index (χ4v) is 2.69. The minimum Gasteiger partial charge on any atom is -0.452 e. The van der Waals surface area contributed by atoms with Gasteiger partial charge in [-0.3, -0.25) is 4.79 Å². The molecule has 0 saturated heterocycles. The van der Waals surface area contributed by atoms with Gasteiger partial charge in [0.25, 0.3) is 5.91 Å². The predicted molar refractivity (Wildman–Crippen MR) is 101 cm³/mol. The Balaban J connectivity index is 1.81. The van der Waals surface area contributed by atoms with Gasteiger partial charge in [0.05, 0.1) is 6.04 Å². The number of carbonyl (C=O) groups is 2. The van der Waals surface area contributed by atoms with Crippen LogP contribution in [0.2, 0.25) is 0 Å². The van der Waals surface area contributed by atoms with Crippen LogP contribution in [-0.4, -0.2) is 24.7 Å². The molecule has 1 amide bonds. The summed E-state index contributed by atoms with van der Waals surface area (Å²) in [5, 5.41) is 2.49. The van der Waals surface area contributed by atoms with Gasteiger partial charge >= 0.3 is 5.97 Å². The summed E-state index contributed by atoms with van der Waals surface area (Å²) in [5.74, 6) is -2.70. The van der Waals surface area contributed by atoms with Crippen molar-refractivity contribution in [1.82, 2.24) is 5.32 Å². The van der Waals surface area contributed by atoms with Crippen molar-refractivity contribution in [1.29, 1.82) is 0 Å². The highest BCUT2D eigenvalue weighted by Gasteiger charge is 2.15. The van der Waals surface area contributed by atoms with Crippen LogP contribution in [-0.2, 0) is 14.3 Å². The van der Waals surface area contributed by atoms with Gasteiger partial charge in [-0.1, -0.05) is 18.2 Å². The molecule has 0 heterocycles. The first-order valence-electron chi connectivity index (χ1n) is 8.12. The zero-order valence-electron chi connectivity index (χ0n) is 14.9. The Labute approximate surface area is 160 Å². The molecule has 1 atom stereocenters. The van der Waals surface area contributed by atoms with E-state index in [0.717, 1.165) is 22.6 Å². The SMILES string of the molecule is CSc1ccc(/C=C/C(=O)OCC(=O)N[C@H](C)c2ccc(F)cc2F)cc1. The molecule has 2 aromatic rings. The van der Waals surface area contributed by atoms with Gasteiger partial charge in [0.15, 0.2) is 6.61 Å². The second-order valence-electron chi connectivity index (χ2n) is 5.67. The van der Waals surface area contributed by atoms with Gasteiger partial charge in [0.1, 0.15) is 11.6 Å². The number of amides is 1. The van der Waals surface area contributed by atoms with Gasteiger partial charge in [-0.15, -0.1) is 11.8 Å². The monoisotopic (exact) mass is 391 g/mol. The maximum absolute atomic E-state index is 13.7. The summed E-state index contributed by atoms with van der Waals surface area (Å²) < 4.78 is 31.5. The molecular formula is C20H19F2NO3S. The number of hydrogen-bond acceptors (Lipinski definition) is 4. The number of carbonyl (C=O) groups excluding carboxylic acids is 2. The van der Waals surface area contributed by atoms with Gasteiger partial charge < -0.3 is 10.1 Å². The first-order valence-corrected chi connectivity index (χ1v) is 9.34. The third-order valence-electron chi connectivity index (χ3n) is 3.68. The minimum atomic E-state index is -0.754. The molecule has 1 N–H and O–H groups in total. The highest BCUT2D eigenvalue weighted by Crippen LogP contribution is 2.17. The average molecular weight is 391 g/mol. The number of ether oxygens (including phenoxy) is 1. The Morgan fingerprint density at radius 2 is 1.89 bits per heavy atom. The highest BCUT2D eigenvalue weighted by molar-refractivity contribution is 7.98. The van der Waals surface area contributed by atoms with E-state index in [-0.39, 0.29) is 5.56 Å². The van der Waals surface area contributed by atoms with Gasteiger partial charge in [0, 0.05) is 22.6 Å². The van der Waals surface area contributed by atoms with E-state index in [2.05, 4.69) is 5.32 Å². The van der Waals surface area contributed by atoms with E-state index in [1.54, 1.807) is 24.8 Å². The van der Waals surface area contributed by atoms with Crippen LogP contribution in [0.15, 0.2) is 53.4 Å². The van der Waals surface area contributed by atoms with Crippen LogP contribution < -0.4 is 5.32 Å². The van der Waals surface area contributed by atoms with E-state index in [1.165, 1.54) is 12.1 Å². The number of rotatable bonds is 7. The lowest BCUT2D eigenvalue weighted by Gasteiger charge is -2.15. The molecule has 4 nitrogen and oxygen atoms in total. The van der Waals surface area contributed by atoms with Crippen molar-refractivity contribution >= 4 is 29.7 Å². The number of esters is 1. The van der Waals surface area contributed by atoms with Crippen molar-refractivity contribution in [3.63, 3.8) is 0 Å². The lowest BCUT2D eigenvalue weighted by Crippen LogP contribution is -2.31. The van der Waals surface area contributed by atoms with Crippen LogP contribution in [0.5, 0.6) is 0 Å². The fraction of sp³-hybridized carbons (Fsp3) is 0.200. The topological polar surface area (TPSA) is 55.4 Å². The fourth-order valence-electron chi connectivity index (χ4n) is 2.28. The summed E-state index contributed by atoms with van der Waals surface area (Å²) in [4.78, 5) is 24.6. The first-order chi connectivity index (χ1) is 12.9. The van der Waals surface area contributed by atoms with Gasteiger partial charge in [-0.2, -0.15) is 0 Å². The minimum absolute atomic E-state index is 0.143. The van der Waals surface area contributed by atoms with Crippen molar-refractivity contribution in [3.05, 3.63) is 71.3 Å². The van der Waals surface area contributed by atoms with Crippen LogP contribution in [0.3, 0.4) is 0 Å². The summed E-state index contributed by atoms with van der Waals surface area (Å²) in [6, 6.07) is 10.0. The zero-order chi connectivity index (χ0) is 19.8. The number of thioether (sulfide) groups is 1. The average Bonchev–Trinajstić information content (AvgIpc) is 2.65. The predicted octanol–water partition coefficient (Wildman–Crippen LogP) is 4.12. The molecule has 0 unspecified atom stereocenters. The molecule has 2 rings (SSSR count). The van der Waals surface area contributed by atoms with Gasteiger partial charge in [-0.25, -0.2) is 13.6 Å². The van der Waals surface area contributed by atoms with Crippen molar-refractivity contribution < 1.29 is 23.1 Å². The number of nitrogens with one attached hydrogen (secondary N) is 1. The summed E-state index contributed by atoms with van der Waals surface area (Å²) in [5.41, 5.74) is 0.972. The lowest BCUT2D eigenvalue weighted by atomic mass is 10.1. The van der Waals surface area contributed by atoms with Crippen LogP contribution in [0.4, 0.5) is 8.78 Å². The Hall–Kier alpha value is -2.67. The largest absolute Gasteiger partial charge is 0.452 e. The lowest BCUT2D eigenvalue weighted by molar-refractivity contribution is -0.144. The molecule has 0 bridgehead atoms. The van der Waals surface area contributed by atoms with Crippen LogP contribution >= 0.6 is 11.8 Å². The van der Waals surface area contributed by atoms with Crippen molar-refractivity contribution in [2.45, 2.75) is 17.9 Å². The maximum atomic E-state index is 13.7. The van der Waals surface area contributed by atoms with Crippen molar-refractivity contribution in [2.24, 2.45) is 0 Å². The molecule has 0 aromatic heterocycles. The molecule has 0 aliphatic carbocycles. The first kappa shape index (κ1) is 20.6. The summed E-state index contributed by atoms with van der Waals surface area (Å²) in [6.07, 6.45) is 4.78.